The first kappa shape index (κ1) is 10.2. The van der Waals surface area contributed by atoms with Crippen LogP contribution in [0.4, 0.5) is 0 Å². The van der Waals surface area contributed by atoms with Gasteiger partial charge in [0.1, 0.15) is 0 Å². The second kappa shape index (κ2) is 4.44. The Morgan fingerprint density at radius 1 is 1.73 bits per heavy atom. The minimum Gasteiger partial charge on any atom is -0.354 e. The Labute approximate surface area is 88.9 Å². The molecule has 1 aliphatic heterocycles. The second-order valence-corrected chi connectivity index (χ2v) is 3.73. The van der Waals surface area contributed by atoms with Crippen molar-refractivity contribution in [2.45, 2.75) is 25.9 Å². The largest absolute Gasteiger partial charge is 0.354 e. The van der Waals surface area contributed by atoms with Crippen molar-refractivity contribution in [1.29, 1.82) is 0 Å². The highest BCUT2D eigenvalue weighted by molar-refractivity contribution is 5.78. The zero-order valence-corrected chi connectivity index (χ0v) is 8.86. The van der Waals surface area contributed by atoms with Gasteiger partial charge in [0.2, 0.25) is 5.91 Å². The van der Waals surface area contributed by atoms with Crippen molar-refractivity contribution < 1.29 is 4.79 Å². The van der Waals surface area contributed by atoms with Gasteiger partial charge >= 0.3 is 0 Å². The molecule has 1 atom stereocenters. The lowest BCUT2D eigenvalue weighted by molar-refractivity contribution is -0.119. The van der Waals surface area contributed by atoms with E-state index in [4.69, 9.17) is 0 Å². The molecule has 0 spiro atoms. The van der Waals surface area contributed by atoms with Gasteiger partial charge < -0.3 is 15.2 Å². The van der Waals surface area contributed by atoms with Gasteiger partial charge in [0.05, 0.1) is 18.1 Å². The molecule has 5 heteroatoms. The van der Waals surface area contributed by atoms with E-state index in [1.54, 1.807) is 6.33 Å². The maximum atomic E-state index is 11.1. The quantitative estimate of drug-likeness (QED) is 0.735. The molecule has 2 rings (SSSR count). The zero-order chi connectivity index (χ0) is 10.7. The van der Waals surface area contributed by atoms with E-state index in [0.29, 0.717) is 13.0 Å². The van der Waals surface area contributed by atoms with E-state index in [0.717, 1.165) is 18.8 Å². The van der Waals surface area contributed by atoms with E-state index in [1.807, 2.05) is 6.20 Å². The second-order valence-electron chi connectivity index (χ2n) is 3.73. The lowest BCUT2D eigenvalue weighted by Gasteiger charge is -2.13. The molecule has 0 aliphatic carbocycles. The zero-order valence-electron chi connectivity index (χ0n) is 8.86. The monoisotopic (exact) mass is 208 g/mol. The Hall–Kier alpha value is -1.36. The summed E-state index contributed by atoms with van der Waals surface area (Å²) in [6.07, 6.45) is 4.22. The molecule has 0 saturated carbocycles. The number of rotatable bonds is 4. The van der Waals surface area contributed by atoms with Crippen LogP contribution in [-0.4, -0.2) is 28.5 Å². The molecule has 1 aromatic rings. The summed E-state index contributed by atoms with van der Waals surface area (Å²) in [5, 5.41) is 6.09. The fourth-order valence-electron chi connectivity index (χ4n) is 1.84. The Kier molecular flexibility index (Phi) is 3.01. The average Bonchev–Trinajstić information content (AvgIpc) is 2.82. The van der Waals surface area contributed by atoms with Crippen LogP contribution in [0.2, 0.25) is 0 Å². The van der Waals surface area contributed by atoms with Crippen molar-refractivity contribution in [2.75, 3.05) is 13.1 Å². The van der Waals surface area contributed by atoms with Gasteiger partial charge in [-0.2, -0.15) is 0 Å². The standard InChI is InChI=1S/C10H16N4O/c1-2-11-4-9-5-12-7-14(9)8-3-10(15)13-6-8/h5,7-8,11H,2-4,6H2,1H3,(H,13,15). The van der Waals surface area contributed by atoms with Gasteiger partial charge in [-0.25, -0.2) is 4.98 Å². The molecule has 5 nitrogen and oxygen atoms in total. The highest BCUT2D eigenvalue weighted by atomic mass is 16.1. The van der Waals surface area contributed by atoms with E-state index < -0.39 is 0 Å². The third-order valence-corrected chi connectivity index (χ3v) is 2.65. The van der Waals surface area contributed by atoms with Crippen molar-refractivity contribution >= 4 is 5.91 Å². The number of amides is 1. The number of hydrogen-bond acceptors (Lipinski definition) is 3. The summed E-state index contributed by atoms with van der Waals surface area (Å²) in [5.41, 5.74) is 1.14. The van der Waals surface area contributed by atoms with Gasteiger partial charge in [-0.3, -0.25) is 4.79 Å². The molecule has 1 amide bonds. The van der Waals surface area contributed by atoms with Crippen LogP contribution in [0, 0.1) is 0 Å². The fourth-order valence-corrected chi connectivity index (χ4v) is 1.84. The molecular weight excluding hydrogens is 192 g/mol. The SMILES string of the molecule is CCNCc1cncn1C1CNC(=O)C1. The molecule has 2 N–H and O–H groups in total. The number of imidazole rings is 1. The van der Waals surface area contributed by atoms with Gasteiger partial charge in [0.15, 0.2) is 0 Å². The fraction of sp³-hybridized carbons (Fsp3) is 0.600. The van der Waals surface area contributed by atoms with E-state index >= 15 is 0 Å². The molecule has 1 aromatic heterocycles. The third-order valence-electron chi connectivity index (χ3n) is 2.65. The van der Waals surface area contributed by atoms with Crippen LogP contribution < -0.4 is 10.6 Å². The average molecular weight is 208 g/mol. The van der Waals surface area contributed by atoms with Crippen LogP contribution in [-0.2, 0) is 11.3 Å². The lowest BCUT2D eigenvalue weighted by atomic mass is 10.2. The molecule has 0 bridgehead atoms. The van der Waals surface area contributed by atoms with Crippen molar-refractivity contribution in [3.8, 4) is 0 Å². The first-order chi connectivity index (χ1) is 7.31. The number of carbonyl (C=O) groups excluding carboxylic acids is 1. The number of hydrogen-bond donors (Lipinski definition) is 2. The van der Waals surface area contributed by atoms with Crippen LogP contribution in [0.15, 0.2) is 12.5 Å². The van der Waals surface area contributed by atoms with E-state index in [1.165, 1.54) is 0 Å². The van der Waals surface area contributed by atoms with Crippen molar-refractivity contribution in [1.82, 2.24) is 20.2 Å². The van der Waals surface area contributed by atoms with Gasteiger partial charge in [0.25, 0.3) is 0 Å². The molecule has 15 heavy (non-hydrogen) atoms. The molecule has 1 fully saturated rings. The number of nitrogens with one attached hydrogen (secondary N) is 2. The number of nitrogens with zero attached hydrogens (tertiary/aromatic N) is 2. The van der Waals surface area contributed by atoms with Gasteiger partial charge in [-0.15, -0.1) is 0 Å². The summed E-state index contributed by atoms with van der Waals surface area (Å²) in [6.45, 7) is 4.53. The number of aromatic nitrogens is 2. The molecule has 0 radical (unpaired) electrons. The minimum atomic E-state index is 0.128. The van der Waals surface area contributed by atoms with Crippen LogP contribution in [0.25, 0.3) is 0 Å². The summed E-state index contributed by atoms with van der Waals surface area (Å²) in [7, 11) is 0. The van der Waals surface area contributed by atoms with Crippen LogP contribution in [0.5, 0.6) is 0 Å². The minimum absolute atomic E-state index is 0.128. The Bertz CT molecular complexity index is 347. The van der Waals surface area contributed by atoms with Gasteiger partial charge in [0, 0.05) is 25.7 Å². The van der Waals surface area contributed by atoms with E-state index in [2.05, 4.69) is 27.1 Å². The highest BCUT2D eigenvalue weighted by Gasteiger charge is 2.23. The van der Waals surface area contributed by atoms with E-state index in [-0.39, 0.29) is 11.9 Å². The maximum Gasteiger partial charge on any atom is 0.222 e. The van der Waals surface area contributed by atoms with Crippen LogP contribution in [0.3, 0.4) is 0 Å². The molecule has 1 aliphatic rings. The predicted molar refractivity (Wildman–Crippen MR) is 56.3 cm³/mol. The maximum absolute atomic E-state index is 11.1. The van der Waals surface area contributed by atoms with E-state index in [9.17, 15) is 4.79 Å². The van der Waals surface area contributed by atoms with Gasteiger partial charge in [-0.05, 0) is 6.54 Å². The van der Waals surface area contributed by atoms with Crippen LogP contribution in [0.1, 0.15) is 25.1 Å². The lowest BCUT2D eigenvalue weighted by Crippen LogP contribution is -2.19. The Balaban J connectivity index is 2.07. The molecule has 2 heterocycles. The molecule has 1 unspecified atom stereocenters. The highest BCUT2D eigenvalue weighted by Crippen LogP contribution is 2.17. The summed E-state index contributed by atoms with van der Waals surface area (Å²) in [5.74, 6) is 0.128. The van der Waals surface area contributed by atoms with Crippen LogP contribution >= 0.6 is 0 Å². The van der Waals surface area contributed by atoms with Crippen molar-refractivity contribution in [3.63, 3.8) is 0 Å². The smallest absolute Gasteiger partial charge is 0.222 e. The van der Waals surface area contributed by atoms with Gasteiger partial charge in [-0.1, -0.05) is 6.92 Å². The molecule has 0 aromatic carbocycles. The first-order valence-electron chi connectivity index (χ1n) is 5.29. The topological polar surface area (TPSA) is 59.0 Å². The normalized spacial score (nSPS) is 20.6. The third kappa shape index (κ3) is 2.18. The summed E-state index contributed by atoms with van der Waals surface area (Å²) in [4.78, 5) is 15.2. The Morgan fingerprint density at radius 2 is 2.60 bits per heavy atom. The number of carbonyl (C=O) groups is 1. The Morgan fingerprint density at radius 3 is 3.27 bits per heavy atom. The summed E-state index contributed by atoms with van der Waals surface area (Å²) >= 11 is 0. The van der Waals surface area contributed by atoms with Crippen molar-refractivity contribution in [2.24, 2.45) is 0 Å². The predicted octanol–water partition coefficient (Wildman–Crippen LogP) is 0.0536. The molecular formula is C10H16N4O. The molecule has 1 saturated heterocycles. The summed E-state index contributed by atoms with van der Waals surface area (Å²) < 4.78 is 2.08. The molecule has 82 valence electrons. The summed E-state index contributed by atoms with van der Waals surface area (Å²) in [6, 6.07) is 0.230. The first-order valence-corrected chi connectivity index (χ1v) is 5.29. The van der Waals surface area contributed by atoms with Crippen molar-refractivity contribution in [3.05, 3.63) is 18.2 Å².